The standard InChI is InChI=1S/C20H25F2N5O3/c21-18(22)17-16(13-25-27(17)15-1-5-23-6-2-15)19(28)24-14-20(3-9-29-10-4-20)26-7-11-30-12-8-26/h1-2,5-6,13,18H,3-4,7-12,14H2,(H,24,28). The van der Waals surface area contributed by atoms with Gasteiger partial charge in [0.1, 0.15) is 5.69 Å². The second kappa shape index (κ2) is 9.15. The summed E-state index contributed by atoms with van der Waals surface area (Å²) in [6.45, 7) is 4.41. The van der Waals surface area contributed by atoms with Crippen molar-refractivity contribution in [1.29, 1.82) is 0 Å². The Balaban J connectivity index is 1.54. The Morgan fingerprint density at radius 2 is 1.80 bits per heavy atom. The molecule has 2 aromatic heterocycles. The Bertz CT molecular complexity index is 849. The van der Waals surface area contributed by atoms with E-state index in [2.05, 4.69) is 20.3 Å². The normalized spacial score (nSPS) is 19.7. The van der Waals surface area contributed by atoms with Crippen LogP contribution in [0.5, 0.6) is 0 Å². The average Bonchev–Trinajstić information content (AvgIpc) is 3.25. The lowest BCUT2D eigenvalue weighted by Crippen LogP contribution is -2.61. The van der Waals surface area contributed by atoms with E-state index in [1.165, 1.54) is 18.6 Å². The van der Waals surface area contributed by atoms with Crippen LogP contribution in [-0.2, 0) is 9.47 Å². The number of rotatable bonds is 6. The van der Waals surface area contributed by atoms with Crippen molar-refractivity contribution in [3.8, 4) is 5.69 Å². The number of hydrogen-bond acceptors (Lipinski definition) is 6. The highest BCUT2D eigenvalue weighted by Gasteiger charge is 2.39. The van der Waals surface area contributed by atoms with E-state index in [0.717, 1.165) is 30.6 Å². The smallest absolute Gasteiger partial charge is 0.281 e. The van der Waals surface area contributed by atoms with Gasteiger partial charge in [0.2, 0.25) is 0 Å². The number of nitrogens with zero attached hydrogens (tertiary/aromatic N) is 4. The quantitative estimate of drug-likeness (QED) is 0.766. The van der Waals surface area contributed by atoms with Gasteiger partial charge < -0.3 is 14.8 Å². The lowest BCUT2D eigenvalue weighted by Gasteiger charge is -2.47. The molecule has 2 fully saturated rings. The third kappa shape index (κ3) is 4.21. The molecule has 0 radical (unpaired) electrons. The summed E-state index contributed by atoms with van der Waals surface area (Å²) >= 11 is 0. The fourth-order valence-corrected chi connectivity index (χ4v) is 4.17. The zero-order valence-electron chi connectivity index (χ0n) is 16.6. The molecule has 0 bridgehead atoms. The first-order chi connectivity index (χ1) is 14.6. The van der Waals surface area contributed by atoms with E-state index in [1.54, 1.807) is 12.1 Å². The topological polar surface area (TPSA) is 81.5 Å². The molecule has 0 unspecified atom stereocenters. The van der Waals surface area contributed by atoms with E-state index < -0.39 is 18.0 Å². The molecule has 0 spiro atoms. The summed E-state index contributed by atoms with van der Waals surface area (Å²) in [5.41, 5.74) is -0.380. The largest absolute Gasteiger partial charge is 0.381 e. The third-order valence-electron chi connectivity index (χ3n) is 5.85. The zero-order valence-corrected chi connectivity index (χ0v) is 16.6. The van der Waals surface area contributed by atoms with E-state index >= 15 is 0 Å². The second-order valence-electron chi connectivity index (χ2n) is 7.48. The Kier molecular flexibility index (Phi) is 6.35. The summed E-state index contributed by atoms with van der Waals surface area (Å²) in [5.74, 6) is -0.551. The van der Waals surface area contributed by atoms with Gasteiger partial charge in [0.05, 0.1) is 30.7 Å². The number of halogens is 2. The van der Waals surface area contributed by atoms with E-state index in [1.807, 2.05) is 0 Å². The van der Waals surface area contributed by atoms with Crippen molar-refractivity contribution in [2.75, 3.05) is 46.1 Å². The molecule has 4 rings (SSSR count). The van der Waals surface area contributed by atoms with E-state index in [0.29, 0.717) is 38.7 Å². The van der Waals surface area contributed by atoms with Crippen LogP contribution in [0.2, 0.25) is 0 Å². The zero-order chi connectivity index (χ0) is 21.0. The van der Waals surface area contributed by atoms with Crippen LogP contribution in [0.4, 0.5) is 8.78 Å². The number of morpholine rings is 1. The monoisotopic (exact) mass is 421 g/mol. The van der Waals surface area contributed by atoms with E-state index in [4.69, 9.17) is 9.47 Å². The van der Waals surface area contributed by atoms with Crippen molar-refractivity contribution in [2.24, 2.45) is 0 Å². The molecule has 0 saturated carbocycles. The minimum absolute atomic E-state index is 0.119. The number of hydrogen-bond donors (Lipinski definition) is 1. The van der Waals surface area contributed by atoms with Gasteiger partial charge in [0, 0.05) is 50.8 Å². The van der Waals surface area contributed by atoms with Crippen LogP contribution in [0, 0.1) is 0 Å². The Morgan fingerprint density at radius 1 is 1.13 bits per heavy atom. The van der Waals surface area contributed by atoms with Gasteiger partial charge in [0.25, 0.3) is 12.3 Å². The average molecular weight is 421 g/mol. The van der Waals surface area contributed by atoms with Gasteiger partial charge in [-0.25, -0.2) is 13.5 Å². The summed E-state index contributed by atoms with van der Waals surface area (Å²) in [4.78, 5) is 19.1. The molecule has 30 heavy (non-hydrogen) atoms. The lowest BCUT2D eigenvalue weighted by molar-refractivity contribution is -0.0693. The maximum absolute atomic E-state index is 13.8. The first kappa shape index (κ1) is 20.8. The number of ether oxygens (including phenoxy) is 2. The first-order valence-corrected chi connectivity index (χ1v) is 10.1. The highest BCUT2D eigenvalue weighted by atomic mass is 19.3. The molecule has 4 heterocycles. The molecule has 2 saturated heterocycles. The summed E-state index contributed by atoms with van der Waals surface area (Å²) in [5, 5.41) is 6.92. The molecule has 1 amide bonds. The van der Waals surface area contributed by atoms with Gasteiger partial charge in [-0.05, 0) is 25.0 Å². The fourth-order valence-electron chi connectivity index (χ4n) is 4.17. The molecule has 0 atom stereocenters. The number of nitrogens with one attached hydrogen (secondary N) is 1. The van der Waals surface area contributed by atoms with Crippen molar-refractivity contribution < 1.29 is 23.0 Å². The highest BCUT2D eigenvalue weighted by molar-refractivity contribution is 5.95. The van der Waals surface area contributed by atoms with Crippen LogP contribution in [0.15, 0.2) is 30.7 Å². The van der Waals surface area contributed by atoms with Gasteiger partial charge in [-0.1, -0.05) is 0 Å². The number of aromatic nitrogens is 3. The van der Waals surface area contributed by atoms with E-state index in [9.17, 15) is 13.6 Å². The summed E-state index contributed by atoms with van der Waals surface area (Å²) in [6, 6.07) is 3.13. The predicted octanol–water partition coefficient (Wildman–Crippen LogP) is 1.82. The second-order valence-corrected chi connectivity index (χ2v) is 7.48. The van der Waals surface area contributed by atoms with Crippen LogP contribution in [0.25, 0.3) is 5.69 Å². The first-order valence-electron chi connectivity index (χ1n) is 10.1. The Labute approximate surface area is 173 Å². The maximum atomic E-state index is 13.8. The molecular weight excluding hydrogens is 396 g/mol. The third-order valence-corrected chi connectivity index (χ3v) is 5.85. The Morgan fingerprint density at radius 3 is 2.47 bits per heavy atom. The number of amides is 1. The van der Waals surface area contributed by atoms with Gasteiger partial charge in [0.15, 0.2) is 0 Å². The summed E-state index contributed by atoms with van der Waals surface area (Å²) < 4.78 is 39.7. The van der Waals surface area contributed by atoms with E-state index in [-0.39, 0.29) is 11.1 Å². The van der Waals surface area contributed by atoms with Gasteiger partial charge >= 0.3 is 0 Å². The molecule has 0 aromatic carbocycles. The van der Waals surface area contributed by atoms with Crippen LogP contribution in [0.3, 0.4) is 0 Å². The molecule has 2 aliphatic rings. The van der Waals surface area contributed by atoms with Crippen molar-refractivity contribution >= 4 is 5.91 Å². The number of alkyl halides is 2. The minimum Gasteiger partial charge on any atom is -0.381 e. The highest BCUT2D eigenvalue weighted by Crippen LogP contribution is 2.29. The van der Waals surface area contributed by atoms with Crippen molar-refractivity contribution in [3.63, 3.8) is 0 Å². The molecule has 162 valence electrons. The summed E-state index contributed by atoms with van der Waals surface area (Å²) in [6.07, 6.45) is 2.86. The molecule has 0 aliphatic carbocycles. The molecule has 8 nitrogen and oxygen atoms in total. The van der Waals surface area contributed by atoms with Crippen molar-refractivity contribution in [2.45, 2.75) is 24.8 Å². The minimum atomic E-state index is -2.85. The Hall–Kier alpha value is -2.43. The predicted molar refractivity (Wildman–Crippen MR) is 104 cm³/mol. The van der Waals surface area contributed by atoms with Gasteiger partial charge in [-0.3, -0.25) is 14.7 Å². The molecular formula is C20H25F2N5O3. The molecule has 10 heteroatoms. The van der Waals surface area contributed by atoms with Crippen molar-refractivity contribution in [3.05, 3.63) is 42.0 Å². The number of pyridine rings is 1. The SMILES string of the molecule is O=C(NCC1(N2CCOCC2)CCOCC1)c1cnn(-c2ccncc2)c1C(F)F. The van der Waals surface area contributed by atoms with Crippen molar-refractivity contribution in [1.82, 2.24) is 25.0 Å². The number of carbonyl (C=O) groups excluding carboxylic acids is 1. The van der Waals surface area contributed by atoms with Gasteiger partial charge in [-0.15, -0.1) is 0 Å². The summed E-state index contributed by atoms with van der Waals surface area (Å²) in [7, 11) is 0. The van der Waals surface area contributed by atoms with Gasteiger partial charge in [-0.2, -0.15) is 5.10 Å². The fraction of sp³-hybridized carbons (Fsp3) is 0.550. The number of carbonyl (C=O) groups is 1. The van der Waals surface area contributed by atoms with Crippen LogP contribution in [-0.4, -0.2) is 77.2 Å². The molecule has 2 aromatic rings. The lowest BCUT2D eigenvalue weighted by atomic mass is 9.87. The maximum Gasteiger partial charge on any atom is 0.281 e. The van der Waals surface area contributed by atoms with Crippen LogP contribution in [0.1, 0.15) is 35.3 Å². The molecule has 1 N–H and O–H groups in total. The molecule has 2 aliphatic heterocycles. The van der Waals surface area contributed by atoms with Crippen LogP contribution < -0.4 is 5.32 Å². The van der Waals surface area contributed by atoms with Crippen LogP contribution >= 0.6 is 0 Å².